The van der Waals surface area contributed by atoms with Crippen molar-refractivity contribution in [2.24, 2.45) is 0 Å². The maximum Gasteiger partial charge on any atom is 0.264 e. The molecule has 0 fully saturated rings. The molecule has 1 amide bonds. The van der Waals surface area contributed by atoms with Gasteiger partial charge in [0.1, 0.15) is 0 Å². The molecule has 0 radical (unpaired) electrons. The van der Waals surface area contributed by atoms with Crippen LogP contribution in [0.3, 0.4) is 0 Å². The molecular weight excluding hydrogens is 428 g/mol. The number of rotatable bonds is 5. The van der Waals surface area contributed by atoms with Crippen molar-refractivity contribution in [1.29, 1.82) is 0 Å². The predicted molar refractivity (Wildman–Crippen MR) is 119 cm³/mol. The van der Waals surface area contributed by atoms with Crippen LogP contribution in [0.2, 0.25) is 0 Å². The van der Waals surface area contributed by atoms with Gasteiger partial charge in [0, 0.05) is 25.7 Å². The Bertz CT molecular complexity index is 1310. The molecule has 0 bridgehead atoms. The first-order valence-electron chi connectivity index (χ1n) is 10.3. The molecule has 5 rings (SSSR count). The van der Waals surface area contributed by atoms with Crippen LogP contribution in [0, 0.1) is 0 Å². The molecule has 0 saturated carbocycles. The molecule has 0 spiro atoms. The molecule has 0 aliphatic carbocycles. The highest BCUT2D eigenvalue weighted by atomic mass is 32.2. The number of ether oxygens (including phenoxy) is 2. The van der Waals surface area contributed by atoms with E-state index >= 15 is 0 Å². The number of benzene rings is 3. The first kappa shape index (κ1) is 20.4. The topological polar surface area (TPSA) is 76.1 Å². The van der Waals surface area contributed by atoms with Crippen LogP contribution in [-0.2, 0) is 23.0 Å². The van der Waals surface area contributed by atoms with E-state index in [1.54, 1.807) is 24.1 Å². The Kier molecular flexibility index (Phi) is 5.01. The summed E-state index contributed by atoms with van der Waals surface area (Å²) in [5.74, 6) is 1.08. The van der Waals surface area contributed by atoms with Crippen LogP contribution in [0.25, 0.3) is 0 Å². The first-order chi connectivity index (χ1) is 15.4. The Hall–Kier alpha value is -3.52. The van der Waals surface area contributed by atoms with E-state index < -0.39 is 10.0 Å². The summed E-state index contributed by atoms with van der Waals surface area (Å²) in [6.45, 7) is 0.937. The van der Waals surface area contributed by atoms with Gasteiger partial charge in [-0.25, -0.2) is 8.42 Å². The average molecular weight is 451 g/mol. The number of carbonyl (C=O) groups excluding carboxylic acids is 1. The van der Waals surface area contributed by atoms with Crippen molar-refractivity contribution in [1.82, 2.24) is 4.90 Å². The van der Waals surface area contributed by atoms with E-state index in [2.05, 4.69) is 0 Å². The van der Waals surface area contributed by atoms with Gasteiger partial charge in [0.2, 0.25) is 6.79 Å². The summed E-state index contributed by atoms with van der Waals surface area (Å²) in [5, 5.41) is 0. The van der Waals surface area contributed by atoms with Crippen molar-refractivity contribution < 1.29 is 22.7 Å². The van der Waals surface area contributed by atoms with Crippen molar-refractivity contribution in [3.8, 4) is 11.5 Å². The van der Waals surface area contributed by atoms with E-state index in [-0.39, 0.29) is 17.6 Å². The zero-order valence-corrected chi connectivity index (χ0v) is 18.3. The largest absolute Gasteiger partial charge is 0.454 e. The minimum Gasteiger partial charge on any atom is -0.454 e. The highest BCUT2D eigenvalue weighted by molar-refractivity contribution is 7.92. The highest BCUT2D eigenvalue weighted by Gasteiger charge is 2.31. The molecule has 0 saturated heterocycles. The summed E-state index contributed by atoms with van der Waals surface area (Å²) >= 11 is 0. The average Bonchev–Trinajstić information content (AvgIpc) is 3.45. The standard InChI is InChI=1S/C24H22N2O5S/c1-25(15-17-9-10-22-23(13-17)31-16-30-22)24(27)19-6-4-7-20(14-19)32(28,29)26-12-11-18-5-2-3-8-21(18)26/h2-10,13-14H,11-12,15-16H2,1H3. The van der Waals surface area contributed by atoms with Gasteiger partial charge >= 0.3 is 0 Å². The zero-order valence-electron chi connectivity index (χ0n) is 17.5. The molecule has 0 N–H and O–H groups in total. The lowest BCUT2D eigenvalue weighted by Crippen LogP contribution is -2.30. The summed E-state index contributed by atoms with van der Waals surface area (Å²) in [6.07, 6.45) is 0.673. The lowest BCUT2D eigenvalue weighted by Gasteiger charge is -2.21. The van der Waals surface area contributed by atoms with Gasteiger partial charge in [-0.15, -0.1) is 0 Å². The fraction of sp³-hybridized carbons (Fsp3) is 0.208. The van der Waals surface area contributed by atoms with E-state index in [4.69, 9.17) is 9.47 Å². The molecule has 0 aromatic heterocycles. The minimum absolute atomic E-state index is 0.108. The normalized spacial score (nSPS) is 14.3. The Labute approximate surface area is 186 Å². The number of hydrogen-bond acceptors (Lipinski definition) is 5. The third-order valence-electron chi connectivity index (χ3n) is 5.72. The summed E-state index contributed by atoms with van der Waals surface area (Å²) < 4.78 is 38.8. The quantitative estimate of drug-likeness (QED) is 0.595. The van der Waals surface area contributed by atoms with E-state index in [1.807, 2.05) is 42.5 Å². The molecule has 2 heterocycles. The van der Waals surface area contributed by atoms with Crippen molar-refractivity contribution in [3.63, 3.8) is 0 Å². The fourth-order valence-corrected chi connectivity index (χ4v) is 5.63. The van der Waals surface area contributed by atoms with Crippen LogP contribution in [0.1, 0.15) is 21.5 Å². The number of fused-ring (bicyclic) bond motifs is 2. The fourth-order valence-electron chi connectivity index (χ4n) is 4.08. The summed E-state index contributed by atoms with van der Waals surface area (Å²) in [4.78, 5) is 14.7. The van der Waals surface area contributed by atoms with Crippen LogP contribution in [0.4, 0.5) is 5.69 Å². The van der Waals surface area contributed by atoms with Crippen molar-refractivity contribution >= 4 is 21.6 Å². The smallest absolute Gasteiger partial charge is 0.264 e. The van der Waals surface area contributed by atoms with E-state index in [0.717, 1.165) is 11.1 Å². The van der Waals surface area contributed by atoms with Crippen molar-refractivity contribution in [2.75, 3.05) is 24.7 Å². The van der Waals surface area contributed by atoms with Gasteiger partial charge in [-0.05, 0) is 53.9 Å². The van der Waals surface area contributed by atoms with E-state index in [9.17, 15) is 13.2 Å². The van der Waals surface area contributed by atoms with Crippen LogP contribution >= 0.6 is 0 Å². The van der Waals surface area contributed by atoms with Crippen molar-refractivity contribution in [3.05, 3.63) is 83.4 Å². The molecule has 0 atom stereocenters. The third kappa shape index (κ3) is 3.56. The second-order valence-corrected chi connectivity index (χ2v) is 9.69. The van der Waals surface area contributed by atoms with Crippen molar-refractivity contribution in [2.45, 2.75) is 17.9 Å². The lowest BCUT2D eigenvalue weighted by molar-refractivity contribution is 0.0784. The first-order valence-corrected chi connectivity index (χ1v) is 11.7. The highest BCUT2D eigenvalue weighted by Crippen LogP contribution is 2.34. The Morgan fingerprint density at radius 1 is 1.00 bits per heavy atom. The number of carbonyl (C=O) groups is 1. The number of nitrogens with zero attached hydrogens (tertiary/aromatic N) is 2. The number of sulfonamides is 1. The van der Waals surface area contributed by atoms with Gasteiger partial charge in [0.25, 0.3) is 15.9 Å². The summed E-state index contributed by atoms with van der Waals surface area (Å²) in [7, 11) is -2.08. The molecule has 32 heavy (non-hydrogen) atoms. The number of anilines is 1. The molecule has 0 unspecified atom stereocenters. The lowest BCUT2D eigenvalue weighted by atomic mass is 10.1. The summed E-state index contributed by atoms with van der Waals surface area (Å²) in [6, 6.07) is 19.3. The van der Waals surface area contributed by atoms with Gasteiger partial charge in [0.15, 0.2) is 11.5 Å². The summed E-state index contributed by atoms with van der Waals surface area (Å²) in [5.41, 5.74) is 2.92. The third-order valence-corrected chi connectivity index (χ3v) is 7.53. The zero-order chi connectivity index (χ0) is 22.3. The van der Waals surface area contributed by atoms with Gasteiger partial charge in [-0.2, -0.15) is 0 Å². The molecule has 3 aromatic carbocycles. The number of para-hydroxylation sites is 1. The molecule has 2 aliphatic rings. The minimum atomic E-state index is -3.77. The molecule has 8 heteroatoms. The van der Waals surface area contributed by atoms with Crippen LogP contribution in [0.15, 0.2) is 71.6 Å². The Balaban J connectivity index is 1.37. The van der Waals surface area contributed by atoms with Gasteiger partial charge in [-0.3, -0.25) is 9.10 Å². The number of amides is 1. The van der Waals surface area contributed by atoms with Crippen LogP contribution < -0.4 is 13.8 Å². The molecule has 164 valence electrons. The monoisotopic (exact) mass is 450 g/mol. The second kappa shape index (κ2) is 7.87. The maximum atomic E-state index is 13.3. The molecule has 2 aliphatic heterocycles. The molecular formula is C24H22N2O5S. The van der Waals surface area contributed by atoms with Gasteiger partial charge < -0.3 is 14.4 Å². The van der Waals surface area contributed by atoms with Gasteiger partial charge in [-0.1, -0.05) is 30.3 Å². The molecule has 3 aromatic rings. The Morgan fingerprint density at radius 3 is 2.69 bits per heavy atom. The van der Waals surface area contributed by atoms with Gasteiger partial charge in [0.05, 0.1) is 10.6 Å². The van der Waals surface area contributed by atoms with E-state index in [1.165, 1.54) is 16.4 Å². The molecule has 7 nitrogen and oxygen atoms in total. The van der Waals surface area contributed by atoms with E-state index in [0.29, 0.717) is 42.3 Å². The van der Waals surface area contributed by atoms with Crippen LogP contribution in [0.5, 0.6) is 11.5 Å². The Morgan fingerprint density at radius 2 is 1.81 bits per heavy atom. The second-order valence-electron chi connectivity index (χ2n) is 7.83. The SMILES string of the molecule is CN(Cc1ccc2c(c1)OCO2)C(=O)c1cccc(S(=O)(=O)N2CCc3ccccc32)c1. The maximum absolute atomic E-state index is 13.3. The predicted octanol–water partition coefficient (Wildman–Crippen LogP) is 3.44. The van der Waals surface area contributed by atoms with Crippen LogP contribution in [-0.4, -0.2) is 39.6 Å². The number of hydrogen-bond donors (Lipinski definition) is 0.